The zero-order valence-electron chi connectivity index (χ0n) is 26.2. The third-order valence-corrected chi connectivity index (χ3v) is 10.6. The first-order valence-corrected chi connectivity index (χ1v) is 16.4. The Kier molecular flexibility index (Phi) is 9.22. The van der Waals surface area contributed by atoms with Crippen LogP contribution in [0.15, 0.2) is 30.9 Å². The Morgan fingerprint density at radius 3 is 2.77 bits per heavy atom. The predicted molar refractivity (Wildman–Crippen MR) is 180 cm³/mol. The highest BCUT2D eigenvalue weighted by molar-refractivity contribution is 7.23. The molecule has 10 nitrogen and oxygen atoms in total. The molecule has 0 saturated carbocycles. The summed E-state index contributed by atoms with van der Waals surface area (Å²) in [5.41, 5.74) is 6.22. The zero-order valence-corrected chi connectivity index (χ0v) is 27.8. The average Bonchev–Trinajstić information content (AvgIpc) is 3.77. The van der Waals surface area contributed by atoms with E-state index < -0.39 is 11.6 Å². The van der Waals surface area contributed by atoms with Crippen LogP contribution in [0.4, 0.5) is 19.6 Å². The van der Waals surface area contributed by atoms with Gasteiger partial charge in [-0.3, -0.25) is 4.79 Å². The fraction of sp³-hybridized carbons (Fsp3) is 0.394. The van der Waals surface area contributed by atoms with Gasteiger partial charge in [-0.2, -0.15) is 15.2 Å². The quantitative estimate of drug-likeness (QED) is 0.225. The molecule has 14 heteroatoms. The van der Waals surface area contributed by atoms with Crippen LogP contribution in [0.5, 0.6) is 6.01 Å². The number of ether oxygens (including phenoxy) is 2. The smallest absolute Gasteiger partial charge is 0.319 e. The van der Waals surface area contributed by atoms with E-state index in [1.807, 2.05) is 25.1 Å². The second-order valence-corrected chi connectivity index (χ2v) is 13.3. The molecule has 2 fully saturated rings. The summed E-state index contributed by atoms with van der Waals surface area (Å²) < 4.78 is 43.6. The lowest BCUT2D eigenvalue weighted by Crippen LogP contribution is -2.48. The fourth-order valence-electron chi connectivity index (χ4n) is 6.82. The summed E-state index contributed by atoms with van der Waals surface area (Å²) in [6.07, 6.45) is 3.86. The van der Waals surface area contributed by atoms with Crippen molar-refractivity contribution in [2.75, 3.05) is 58.1 Å². The number of hydrogen-bond donors (Lipinski definition) is 1. The normalized spacial score (nSPS) is 19.9. The molecule has 4 aromatic rings. The lowest BCUT2D eigenvalue weighted by molar-refractivity contribution is -0.127. The van der Waals surface area contributed by atoms with Crippen LogP contribution < -0.4 is 15.4 Å². The van der Waals surface area contributed by atoms with Crippen molar-refractivity contribution in [3.8, 4) is 23.2 Å². The van der Waals surface area contributed by atoms with Crippen LogP contribution in [0.25, 0.3) is 32.1 Å². The van der Waals surface area contributed by atoms with Crippen molar-refractivity contribution in [3.63, 3.8) is 0 Å². The van der Waals surface area contributed by atoms with Crippen LogP contribution >= 0.6 is 22.9 Å². The molecule has 3 unspecified atom stereocenters. The molecule has 3 atom stereocenters. The summed E-state index contributed by atoms with van der Waals surface area (Å²) in [6, 6.07) is 5.73. The maximum Gasteiger partial charge on any atom is 0.319 e. The Bertz CT molecular complexity index is 1930. The van der Waals surface area contributed by atoms with Gasteiger partial charge in [0.2, 0.25) is 5.91 Å². The average molecular weight is 682 g/mol. The first-order valence-electron chi connectivity index (χ1n) is 15.2. The number of carbonyl (C=O) groups excluding carboxylic acids is 1. The van der Waals surface area contributed by atoms with E-state index >= 15 is 4.39 Å². The van der Waals surface area contributed by atoms with Crippen molar-refractivity contribution in [1.29, 1.82) is 5.26 Å². The molecule has 2 N–H and O–H groups in total. The molecule has 2 aliphatic heterocycles. The molecule has 6 rings (SSSR count). The first-order chi connectivity index (χ1) is 22.6. The van der Waals surface area contributed by atoms with Gasteiger partial charge in [0.15, 0.2) is 5.82 Å². The van der Waals surface area contributed by atoms with Gasteiger partial charge in [0.25, 0.3) is 0 Å². The highest BCUT2D eigenvalue weighted by Crippen LogP contribution is 2.46. The second-order valence-electron chi connectivity index (χ2n) is 11.8. The minimum absolute atomic E-state index is 0.0133. The van der Waals surface area contributed by atoms with Crippen LogP contribution in [0.2, 0.25) is 5.02 Å². The van der Waals surface area contributed by atoms with Crippen molar-refractivity contribution < 1.29 is 23.0 Å². The van der Waals surface area contributed by atoms with E-state index in [9.17, 15) is 14.4 Å². The van der Waals surface area contributed by atoms with Crippen LogP contribution in [0.1, 0.15) is 24.8 Å². The monoisotopic (exact) mass is 681 g/mol. The number of nitrogen functional groups attached to an aromatic ring is 1. The van der Waals surface area contributed by atoms with Gasteiger partial charge in [-0.15, -0.1) is 11.3 Å². The summed E-state index contributed by atoms with van der Waals surface area (Å²) in [5, 5.41) is 10.5. The molecule has 0 bridgehead atoms. The number of methoxy groups -OCH3 is 1. The van der Waals surface area contributed by atoms with Gasteiger partial charge in [0.1, 0.15) is 34.8 Å². The molecule has 2 aromatic carbocycles. The van der Waals surface area contributed by atoms with Gasteiger partial charge in [-0.1, -0.05) is 24.2 Å². The molecule has 0 aliphatic carbocycles. The molecule has 4 heterocycles. The number of nitrogens with two attached hydrogens (primary N) is 1. The van der Waals surface area contributed by atoms with Crippen LogP contribution in [0.3, 0.4) is 0 Å². The number of benzene rings is 2. The molecular weight excluding hydrogens is 648 g/mol. The fourth-order valence-corrected chi connectivity index (χ4v) is 8.06. The number of likely N-dealkylation sites (N-methyl/N-ethyl adjacent to an activating group) is 2. The Morgan fingerprint density at radius 2 is 2.09 bits per heavy atom. The number of rotatable bonds is 9. The van der Waals surface area contributed by atoms with E-state index in [2.05, 4.69) is 16.5 Å². The molecule has 2 aromatic heterocycles. The van der Waals surface area contributed by atoms with Crippen LogP contribution in [-0.2, 0) is 9.53 Å². The van der Waals surface area contributed by atoms with Crippen molar-refractivity contribution in [1.82, 2.24) is 19.8 Å². The number of carbonyl (C=O) groups is 1. The molecule has 0 radical (unpaired) electrons. The highest BCUT2D eigenvalue weighted by atomic mass is 35.5. The van der Waals surface area contributed by atoms with E-state index in [4.69, 9.17) is 31.8 Å². The number of aromatic nitrogens is 2. The lowest BCUT2D eigenvalue weighted by atomic mass is 9.97. The Hall–Kier alpha value is -4.09. The SMILES string of the molecule is C=CC(=O)N1CCC(N(C)c2nc(OCC3CCCN3C)nc3c(F)c(-c4ccc(F)c5sc(N)c(C#N)c45)c(Cl)cc23)C1COC. The third kappa shape index (κ3) is 5.73. The van der Waals surface area contributed by atoms with E-state index in [1.54, 1.807) is 18.1 Å². The number of anilines is 2. The number of thiophene rings is 1. The van der Waals surface area contributed by atoms with Crippen molar-refractivity contribution in [2.45, 2.75) is 37.4 Å². The maximum absolute atomic E-state index is 17.0. The first kappa shape index (κ1) is 32.8. The van der Waals surface area contributed by atoms with E-state index in [0.29, 0.717) is 30.8 Å². The number of nitrogens with zero attached hydrogens (tertiary/aromatic N) is 6. The van der Waals surface area contributed by atoms with Gasteiger partial charge in [0, 0.05) is 43.1 Å². The Morgan fingerprint density at radius 1 is 1.30 bits per heavy atom. The van der Waals surface area contributed by atoms with Crippen molar-refractivity contribution in [2.24, 2.45) is 0 Å². The number of nitriles is 1. The number of likely N-dealkylation sites (tertiary alicyclic amines) is 2. The standard InChI is InChI=1S/C33H34ClF2N7O3S/c1-5-25(44)43-12-10-23(24(43)16-45-4)42(3)32-19-13-21(34)27(18-8-9-22(35)30-26(18)20(14-37)31(38)47-30)28(36)29(19)39-33(40-32)46-15-17-7-6-11-41(17)2/h5,8-9,13,17,23-24H,1,6-7,10-12,15-16,38H2,2-4H3. The highest BCUT2D eigenvalue weighted by Gasteiger charge is 2.40. The summed E-state index contributed by atoms with van der Waals surface area (Å²) in [6.45, 7) is 5.63. The van der Waals surface area contributed by atoms with Crippen LogP contribution in [0, 0.1) is 23.0 Å². The summed E-state index contributed by atoms with van der Waals surface area (Å²) >= 11 is 7.77. The maximum atomic E-state index is 17.0. The van der Waals surface area contributed by atoms with Crippen LogP contribution in [-0.4, -0.2) is 91.3 Å². The molecular formula is C33H34ClF2N7O3S. The summed E-state index contributed by atoms with van der Waals surface area (Å²) in [4.78, 5) is 27.8. The van der Waals surface area contributed by atoms with Crippen molar-refractivity contribution >= 4 is 60.7 Å². The Labute approximate surface area is 279 Å². The number of fused-ring (bicyclic) bond motifs is 2. The number of amides is 1. The largest absolute Gasteiger partial charge is 0.462 e. The third-order valence-electron chi connectivity index (χ3n) is 9.25. The van der Waals surface area contributed by atoms with Gasteiger partial charge in [-0.05, 0) is 56.6 Å². The molecule has 1 amide bonds. The van der Waals surface area contributed by atoms with E-state index in [0.717, 1.165) is 30.7 Å². The molecule has 2 saturated heterocycles. The topological polar surface area (TPSA) is 121 Å². The molecule has 0 spiro atoms. The zero-order chi connectivity index (χ0) is 33.6. The molecule has 246 valence electrons. The Balaban J connectivity index is 1.53. The summed E-state index contributed by atoms with van der Waals surface area (Å²) in [5.74, 6) is -1.21. The number of halogens is 3. The minimum Gasteiger partial charge on any atom is -0.462 e. The molecule has 2 aliphatic rings. The predicted octanol–water partition coefficient (Wildman–Crippen LogP) is 5.61. The second kappa shape index (κ2) is 13.2. The molecule has 47 heavy (non-hydrogen) atoms. The van der Waals surface area contributed by atoms with Gasteiger partial charge in [-0.25, -0.2) is 8.78 Å². The van der Waals surface area contributed by atoms with Crippen molar-refractivity contribution in [3.05, 3.63) is 53.1 Å². The lowest BCUT2D eigenvalue weighted by Gasteiger charge is -2.33. The van der Waals surface area contributed by atoms with E-state index in [1.165, 1.54) is 18.2 Å². The van der Waals surface area contributed by atoms with Gasteiger partial charge in [0.05, 0.1) is 34.0 Å². The van der Waals surface area contributed by atoms with Gasteiger partial charge >= 0.3 is 6.01 Å². The number of hydrogen-bond acceptors (Lipinski definition) is 10. The summed E-state index contributed by atoms with van der Waals surface area (Å²) in [7, 11) is 5.42. The van der Waals surface area contributed by atoms with Gasteiger partial charge < -0.3 is 29.9 Å². The van der Waals surface area contributed by atoms with E-state index in [-0.39, 0.29) is 79.0 Å². The minimum atomic E-state index is -0.780.